The molecule has 0 bridgehead atoms. The molecule has 1 heterocycles. The van der Waals surface area contributed by atoms with Gasteiger partial charge in [0.25, 0.3) is 5.91 Å². The van der Waals surface area contributed by atoms with Gasteiger partial charge in [-0.05, 0) is 54.8 Å². The van der Waals surface area contributed by atoms with Gasteiger partial charge in [-0.3, -0.25) is 14.9 Å². The van der Waals surface area contributed by atoms with Crippen LogP contribution in [-0.4, -0.2) is 42.6 Å². The highest BCUT2D eigenvalue weighted by atomic mass is 35.5. The molecule has 1 aliphatic carbocycles. The number of benzene rings is 2. The summed E-state index contributed by atoms with van der Waals surface area (Å²) in [6.07, 6.45) is 3.88. The van der Waals surface area contributed by atoms with Gasteiger partial charge in [0.1, 0.15) is 5.75 Å². The SMILES string of the molecule is COc1ccc(CN(CC2NC(=O)C3CCCCC3N2)C(=O)c2ccc(Cl)cc2)cc1. The zero-order valence-corrected chi connectivity index (χ0v) is 18.4. The normalized spacial score (nSPS) is 22.9. The van der Waals surface area contributed by atoms with Crippen LogP contribution in [0.2, 0.25) is 5.02 Å². The van der Waals surface area contributed by atoms with E-state index in [9.17, 15) is 9.59 Å². The molecule has 1 aliphatic heterocycles. The van der Waals surface area contributed by atoms with Gasteiger partial charge >= 0.3 is 0 Å². The highest BCUT2D eigenvalue weighted by Gasteiger charge is 2.38. The van der Waals surface area contributed by atoms with Gasteiger partial charge in [0, 0.05) is 23.2 Å². The molecule has 1 saturated heterocycles. The van der Waals surface area contributed by atoms with E-state index in [2.05, 4.69) is 10.6 Å². The standard InChI is InChI=1S/C24H28ClN3O3/c1-31-19-12-6-16(7-13-19)14-28(24(30)17-8-10-18(25)11-9-17)15-22-26-21-5-3-2-4-20(21)23(29)27-22/h6-13,20-22,26H,2-5,14-15H2,1H3,(H,27,29). The van der Waals surface area contributed by atoms with Crippen LogP contribution in [0.5, 0.6) is 5.75 Å². The Balaban J connectivity index is 1.53. The molecule has 1 saturated carbocycles. The second-order valence-electron chi connectivity index (χ2n) is 8.27. The number of rotatable bonds is 6. The fourth-order valence-electron chi connectivity index (χ4n) is 4.49. The molecule has 3 atom stereocenters. The first-order valence-electron chi connectivity index (χ1n) is 10.8. The van der Waals surface area contributed by atoms with Crippen LogP contribution < -0.4 is 15.4 Å². The zero-order valence-electron chi connectivity index (χ0n) is 17.6. The molecule has 2 aromatic rings. The summed E-state index contributed by atoms with van der Waals surface area (Å²) in [6.45, 7) is 0.802. The van der Waals surface area contributed by atoms with E-state index in [0.717, 1.165) is 37.0 Å². The van der Waals surface area contributed by atoms with Crippen LogP contribution in [0.4, 0.5) is 0 Å². The van der Waals surface area contributed by atoms with Gasteiger partial charge in [0.2, 0.25) is 5.91 Å². The van der Waals surface area contributed by atoms with E-state index in [1.165, 1.54) is 0 Å². The van der Waals surface area contributed by atoms with Crippen LogP contribution >= 0.6 is 11.6 Å². The largest absolute Gasteiger partial charge is 0.497 e. The van der Waals surface area contributed by atoms with E-state index in [4.69, 9.17) is 16.3 Å². The average Bonchev–Trinajstić information content (AvgIpc) is 2.79. The van der Waals surface area contributed by atoms with Crippen LogP contribution in [0.3, 0.4) is 0 Å². The number of nitrogens with one attached hydrogen (secondary N) is 2. The van der Waals surface area contributed by atoms with Crippen LogP contribution in [0.15, 0.2) is 48.5 Å². The van der Waals surface area contributed by atoms with Crippen molar-refractivity contribution in [2.45, 2.75) is 44.4 Å². The van der Waals surface area contributed by atoms with Crippen molar-refractivity contribution >= 4 is 23.4 Å². The summed E-state index contributed by atoms with van der Waals surface area (Å²) in [5.74, 6) is 0.793. The fourth-order valence-corrected chi connectivity index (χ4v) is 4.61. The predicted octanol–water partition coefficient (Wildman–Crippen LogP) is 3.60. The molecular weight excluding hydrogens is 414 g/mol. The third-order valence-corrected chi connectivity index (χ3v) is 6.40. The van der Waals surface area contributed by atoms with Crippen molar-refractivity contribution in [2.24, 2.45) is 5.92 Å². The van der Waals surface area contributed by atoms with Crippen molar-refractivity contribution in [3.63, 3.8) is 0 Å². The highest BCUT2D eigenvalue weighted by molar-refractivity contribution is 6.30. The van der Waals surface area contributed by atoms with Gasteiger partial charge in [0.05, 0.1) is 25.7 Å². The van der Waals surface area contributed by atoms with Crippen LogP contribution in [-0.2, 0) is 11.3 Å². The molecule has 0 aromatic heterocycles. The van der Waals surface area contributed by atoms with Gasteiger partial charge < -0.3 is 15.0 Å². The van der Waals surface area contributed by atoms with E-state index in [1.807, 2.05) is 24.3 Å². The number of amides is 2. The molecule has 2 amide bonds. The molecule has 164 valence electrons. The first-order chi connectivity index (χ1) is 15.0. The Morgan fingerprint density at radius 1 is 1.10 bits per heavy atom. The Morgan fingerprint density at radius 3 is 2.52 bits per heavy atom. The molecule has 2 N–H and O–H groups in total. The van der Waals surface area contributed by atoms with Gasteiger partial charge in [-0.25, -0.2) is 0 Å². The number of ether oxygens (including phenoxy) is 1. The molecule has 0 radical (unpaired) electrons. The molecule has 4 rings (SSSR count). The van der Waals surface area contributed by atoms with E-state index < -0.39 is 0 Å². The Hall–Kier alpha value is -2.57. The summed E-state index contributed by atoms with van der Waals surface area (Å²) < 4.78 is 5.24. The average molecular weight is 442 g/mol. The van der Waals surface area contributed by atoms with E-state index >= 15 is 0 Å². The lowest BCUT2D eigenvalue weighted by Gasteiger charge is -2.41. The minimum atomic E-state index is -0.277. The topological polar surface area (TPSA) is 70.7 Å². The van der Waals surface area contributed by atoms with E-state index in [-0.39, 0.29) is 29.9 Å². The molecular formula is C24H28ClN3O3. The third kappa shape index (κ3) is 5.20. The lowest BCUT2D eigenvalue weighted by Crippen LogP contribution is -2.65. The minimum absolute atomic E-state index is 0.0343. The van der Waals surface area contributed by atoms with Crippen molar-refractivity contribution in [2.75, 3.05) is 13.7 Å². The molecule has 3 unspecified atom stereocenters. The number of methoxy groups -OCH3 is 1. The Morgan fingerprint density at radius 2 is 1.81 bits per heavy atom. The molecule has 2 aromatic carbocycles. The first kappa shape index (κ1) is 21.7. The van der Waals surface area contributed by atoms with Crippen LogP contribution in [0.1, 0.15) is 41.6 Å². The molecule has 0 spiro atoms. The summed E-state index contributed by atoms with van der Waals surface area (Å²) in [5.41, 5.74) is 1.55. The maximum Gasteiger partial charge on any atom is 0.254 e. The molecule has 2 aliphatic rings. The lowest BCUT2D eigenvalue weighted by molar-refractivity contribution is -0.131. The third-order valence-electron chi connectivity index (χ3n) is 6.15. The fraction of sp³-hybridized carbons (Fsp3) is 0.417. The summed E-state index contributed by atoms with van der Waals surface area (Å²) in [7, 11) is 1.63. The van der Waals surface area contributed by atoms with Gasteiger partial charge in [-0.1, -0.05) is 36.6 Å². The number of hydrogen-bond donors (Lipinski definition) is 2. The number of carbonyl (C=O) groups is 2. The minimum Gasteiger partial charge on any atom is -0.497 e. The zero-order chi connectivity index (χ0) is 21.8. The van der Waals surface area contributed by atoms with Gasteiger partial charge in [-0.2, -0.15) is 0 Å². The highest BCUT2D eigenvalue weighted by Crippen LogP contribution is 2.27. The van der Waals surface area contributed by atoms with Crippen molar-refractivity contribution < 1.29 is 14.3 Å². The van der Waals surface area contributed by atoms with Crippen LogP contribution in [0, 0.1) is 5.92 Å². The number of nitrogens with zero attached hydrogens (tertiary/aromatic N) is 1. The Bertz CT molecular complexity index is 917. The quantitative estimate of drug-likeness (QED) is 0.718. The number of carbonyl (C=O) groups excluding carboxylic acids is 2. The predicted molar refractivity (Wildman–Crippen MR) is 120 cm³/mol. The monoisotopic (exact) mass is 441 g/mol. The van der Waals surface area contributed by atoms with E-state index in [1.54, 1.807) is 36.3 Å². The number of hydrogen-bond acceptors (Lipinski definition) is 4. The van der Waals surface area contributed by atoms with Gasteiger partial charge in [0.15, 0.2) is 0 Å². The van der Waals surface area contributed by atoms with E-state index in [0.29, 0.717) is 23.7 Å². The number of halogens is 1. The second kappa shape index (κ2) is 9.71. The Labute approximate surface area is 187 Å². The van der Waals surface area contributed by atoms with Crippen molar-refractivity contribution in [1.29, 1.82) is 0 Å². The second-order valence-corrected chi connectivity index (χ2v) is 8.70. The lowest BCUT2D eigenvalue weighted by atomic mass is 9.82. The summed E-state index contributed by atoms with van der Waals surface area (Å²) in [5, 5.41) is 7.24. The first-order valence-corrected chi connectivity index (χ1v) is 11.2. The van der Waals surface area contributed by atoms with Crippen molar-refractivity contribution in [3.8, 4) is 5.75 Å². The molecule has 6 nitrogen and oxygen atoms in total. The molecule has 7 heteroatoms. The van der Waals surface area contributed by atoms with Crippen molar-refractivity contribution in [3.05, 3.63) is 64.7 Å². The summed E-state index contributed by atoms with van der Waals surface area (Å²) in [4.78, 5) is 27.8. The molecule has 31 heavy (non-hydrogen) atoms. The maximum absolute atomic E-state index is 13.3. The number of fused-ring (bicyclic) bond motifs is 1. The smallest absolute Gasteiger partial charge is 0.254 e. The Kier molecular flexibility index (Phi) is 6.78. The maximum atomic E-state index is 13.3. The van der Waals surface area contributed by atoms with Gasteiger partial charge in [-0.15, -0.1) is 0 Å². The summed E-state index contributed by atoms with van der Waals surface area (Å²) in [6, 6.07) is 14.7. The summed E-state index contributed by atoms with van der Waals surface area (Å²) >= 11 is 6.00. The molecule has 2 fully saturated rings. The van der Waals surface area contributed by atoms with Crippen LogP contribution in [0.25, 0.3) is 0 Å². The van der Waals surface area contributed by atoms with Crippen molar-refractivity contribution in [1.82, 2.24) is 15.5 Å².